The highest BCUT2D eigenvalue weighted by Crippen LogP contribution is 2.37. The van der Waals surface area contributed by atoms with Gasteiger partial charge in [-0.25, -0.2) is 0 Å². The van der Waals surface area contributed by atoms with Gasteiger partial charge in [-0.15, -0.1) is 0 Å². The van der Waals surface area contributed by atoms with E-state index in [2.05, 4.69) is 13.8 Å². The van der Waals surface area contributed by atoms with Gasteiger partial charge in [0.05, 0.1) is 49.8 Å². The molecule has 12 fully saturated rings. The number of ether oxygens (including phenoxy) is 8. The molecule has 0 spiro atoms. The first-order valence-electron chi connectivity index (χ1n) is 21.9. The Morgan fingerprint density at radius 3 is 1.15 bits per heavy atom. The summed E-state index contributed by atoms with van der Waals surface area (Å²) in [6, 6.07) is 0. The molecule has 60 heavy (non-hydrogen) atoms. The highest BCUT2D eigenvalue weighted by molar-refractivity contribution is 7.99. The van der Waals surface area contributed by atoms with Gasteiger partial charge in [-0.05, 0) is 50.0 Å². The topological polar surface area (TPSA) is 276 Å². The van der Waals surface area contributed by atoms with Crippen LogP contribution in [0.15, 0.2) is 0 Å². The van der Waals surface area contributed by atoms with E-state index in [-0.39, 0.29) is 13.2 Å². The molecule has 0 aromatic carbocycles. The van der Waals surface area contributed by atoms with Crippen LogP contribution in [-0.4, -0.2) is 211 Å². The zero-order valence-corrected chi connectivity index (χ0v) is 36.5. The fourth-order valence-electron chi connectivity index (χ4n) is 8.68. The second-order valence-electron chi connectivity index (χ2n) is 16.6. The summed E-state index contributed by atoms with van der Waals surface area (Å²) in [4.78, 5) is 0. The highest BCUT2D eigenvalue weighted by Gasteiger charge is 2.53. The average Bonchev–Trinajstić information content (AvgIpc) is 3.26. The van der Waals surface area contributed by atoms with Gasteiger partial charge in [-0.2, -0.15) is 23.5 Å². The quantitative estimate of drug-likeness (QED) is 0.120. The first-order valence-corrected chi connectivity index (χ1v) is 24.2. The van der Waals surface area contributed by atoms with Crippen LogP contribution >= 0.6 is 23.5 Å². The van der Waals surface area contributed by atoms with E-state index >= 15 is 0 Å². The molecule has 20 atom stereocenters. The standard InChI is InChI=1S/2C20H36O9S/c2*1-2-8-30-10-13-18-15(23)17(25)19(28-13)26-7-5-3-4-6-11-12(9-21)27-20(29-18)16(24)14(11)22/h2*11-25H,2-10H2,1H3/t2*11?,12?,13?,14-,15+,16+,17+,18?,19+,20-/m11/s1. The molecule has 18 nitrogen and oxygen atoms in total. The monoisotopic (exact) mass is 904 g/mol. The molecular weight excluding hydrogens is 833 g/mol. The van der Waals surface area contributed by atoms with E-state index in [4.69, 9.17) is 37.9 Å². The fraction of sp³-hybridized carbons (Fsp3) is 1.00. The first kappa shape index (κ1) is 51.0. The van der Waals surface area contributed by atoms with Gasteiger partial charge in [0.1, 0.15) is 48.8 Å². The van der Waals surface area contributed by atoms with Crippen LogP contribution in [0.4, 0.5) is 0 Å². The average molecular weight is 905 g/mol. The summed E-state index contributed by atoms with van der Waals surface area (Å²) in [6.45, 7) is 4.23. The maximum absolute atomic E-state index is 10.8. The van der Waals surface area contributed by atoms with Crippen LogP contribution in [0, 0.1) is 11.8 Å². The Bertz CT molecular complexity index is 1110. The molecular formula is C40H72O18S2. The van der Waals surface area contributed by atoms with Crippen molar-refractivity contribution < 1.29 is 89.0 Å². The van der Waals surface area contributed by atoms with Gasteiger partial charge in [0, 0.05) is 36.6 Å². The Balaban J connectivity index is 0.000000228. The molecule has 8 bridgehead atoms. The summed E-state index contributed by atoms with van der Waals surface area (Å²) in [7, 11) is 0. The first-order chi connectivity index (χ1) is 28.9. The van der Waals surface area contributed by atoms with Crippen LogP contribution in [0.25, 0.3) is 0 Å². The Kier molecular flexibility index (Phi) is 21.8. The molecule has 0 amide bonds. The van der Waals surface area contributed by atoms with Gasteiger partial charge >= 0.3 is 0 Å². The van der Waals surface area contributed by atoms with Crippen molar-refractivity contribution in [3.8, 4) is 0 Å². The normalized spacial score (nSPS) is 45.8. The Morgan fingerprint density at radius 2 is 0.783 bits per heavy atom. The summed E-state index contributed by atoms with van der Waals surface area (Å²) in [5.74, 6) is 1.95. The summed E-state index contributed by atoms with van der Waals surface area (Å²) >= 11 is 3.26. The molecule has 12 saturated heterocycles. The smallest absolute Gasteiger partial charge is 0.187 e. The zero-order valence-electron chi connectivity index (χ0n) is 34.8. The van der Waals surface area contributed by atoms with Crippen LogP contribution < -0.4 is 0 Å². The van der Waals surface area contributed by atoms with Crippen molar-refractivity contribution in [3.63, 3.8) is 0 Å². The summed E-state index contributed by atoms with van der Waals surface area (Å²) in [5.41, 5.74) is 0. The van der Waals surface area contributed by atoms with E-state index in [9.17, 15) is 51.1 Å². The predicted molar refractivity (Wildman–Crippen MR) is 218 cm³/mol. The third-order valence-electron chi connectivity index (χ3n) is 12.1. The molecule has 12 heterocycles. The lowest BCUT2D eigenvalue weighted by Gasteiger charge is -2.47. The lowest BCUT2D eigenvalue weighted by atomic mass is 9.85. The van der Waals surface area contributed by atoms with Gasteiger partial charge < -0.3 is 89.0 Å². The molecule has 8 unspecified atom stereocenters. The zero-order chi connectivity index (χ0) is 43.3. The van der Waals surface area contributed by atoms with Gasteiger partial charge in [0.15, 0.2) is 25.2 Å². The predicted octanol–water partition coefficient (Wildman–Crippen LogP) is -0.785. The minimum Gasteiger partial charge on any atom is -0.394 e. The second-order valence-corrected chi connectivity index (χ2v) is 18.9. The Hall–Kier alpha value is -0.0200. The minimum absolute atomic E-state index is 0.318. The molecule has 0 aromatic heterocycles. The Morgan fingerprint density at radius 1 is 0.417 bits per heavy atom. The van der Waals surface area contributed by atoms with Crippen molar-refractivity contribution in [1.29, 1.82) is 0 Å². The van der Waals surface area contributed by atoms with Crippen molar-refractivity contribution in [2.24, 2.45) is 11.8 Å². The van der Waals surface area contributed by atoms with Crippen molar-refractivity contribution in [2.75, 3.05) is 49.4 Å². The van der Waals surface area contributed by atoms with E-state index in [1.165, 1.54) is 0 Å². The lowest BCUT2D eigenvalue weighted by Crippen LogP contribution is -2.63. The van der Waals surface area contributed by atoms with Crippen LogP contribution in [0.5, 0.6) is 0 Å². The lowest BCUT2D eigenvalue weighted by molar-refractivity contribution is -0.351. The number of rotatable bonds is 10. The van der Waals surface area contributed by atoms with Crippen LogP contribution in [-0.2, 0) is 37.9 Å². The molecule has 12 aliphatic heterocycles. The van der Waals surface area contributed by atoms with E-state index < -0.39 is 122 Å². The third-order valence-corrected chi connectivity index (χ3v) is 14.6. The Labute approximate surface area is 361 Å². The van der Waals surface area contributed by atoms with Crippen LogP contribution in [0.2, 0.25) is 0 Å². The molecule has 0 saturated carbocycles. The maximum atomic E-state index is 10.8. The van der Waals surface area contributed by atoms with Gasteiger partial charge in [0.2, 0.25) is 0 Å². The summed E-state index contributed by atoms with van der Waals surface area (Å²) in [5, 5.41) is 105. The van der Waals surface area contributed by atoms with Crippen molar-refractivity contribution in [2.45, 2.75) is 189 Å². The van der Waals surface area contributed by atoms with E-state index in [1.807, 2.05) is 0 Å². The van der Waals surface area contributed by atoms with Crippen molar-refractivity contribution in [3.05, 3.63) is 0 Å². The number of thioether (sulfide) groups is 2. The fourth-order valence-corrected chi connectivity index (χ4v) is 10.6. The van der Waals surface area contributed by atoms with Crippen LogP contribution in [0.3, 0.4) is 0 Å². The van der Waals surface area contributed by atoms with E-state index in [1.54, 1.807) is 23.5 Å². The van der Waals surface area contributed by atoms with Crippen molar-refractivity contribution in [1.82, 2.24) is 0 Å². The molecule has 0 aromatic rings. The highest BCUT2D eigenvalue weighted by atomic mass is 32.2. The molecule has 12 aliphatic rings. The number of aliphatic hydroxyl groups is 10. The molecule has 12 rings (SSSR count). The van der Waals surface area contributed by atoms with Gasteiger partial charge in [-0.3, -0.25) is 0 Å². The van der Waals surface area contributed by atoms with Gasteiger partial charge in [-0.1, -0.05) is 39.5 Å². The van der Waals surface area contributed by atoms with Crippen LogP contribution in [0.1, 0.15) is 78.1 Å². The van der Waals surface area contributed by atoms with E-state index in [0.717, 1.165) is 62.9 Å². The molecule has 20 heteroatoms. The van der Waals surface area contributed by atoms with Gasteiger partial charge in [0.25, 0.3) is 0 Å². The maximum Gasteiger partial charge on any atom is 0.187 e. The number of hydrogen-bond donors (Lipinski definition) is 10. The largest absolute Gasteiger partial charge is 0.394 e. The number of aliphatic hydroxyl groups excluding tert-OH is 10. The third kappa shape index (κ3) is 13.1. The molecule has 352 valence electrons. The molecule has 0 radical (unpaired) electrons. The SMILES string of the molecule is CCCSCC1O[C@@H]2OCCCCCC3C(CO)O[C@H](OC1[C@@H](O)[C@@H]2O)[C@@H](O)[C@@H]3O.CCCSCC1O[C@@H]2OCCCCCC3C(CO)O[C@H](OC1[C@@H](O)[C@@H]2O)[C@@H](O)[C@@H]3O. The second kappa shape index (κ2) is 25.6. The molecule has 10 N–H and O–H groups in total. The minimum atomic E-state index is -1.34. The summed E-state index contributed by atoms with van der Waals surface area (Å²) in [6.07, 6.45) is -11.5. The van der Waals surface area contributed by atoms with E-state index in [0.29, 0.717) is 37.6 Å². The summed E-state index contributed by atoms with van der Waals surface area (Å²) < 4.78 is 46.7. The number of hydrogen-bond acceptors (Lipinski definition) is 20. The van der Waals surface area contributed by atoms with Crippen molar-refractivity contribution >= 4 is 23.5 Å². The molecule has 0 aliphatic carbocycles.